The predicted octanol–water partition coefficient (Wildman–Crippen LogP) is 1.51. The Kier molecular flexibility index (Phi) is 5.45. The van der Waals surface area contributed by atoms with Gasteiger partial charge in [-0.25, -0.2) is 0 Å². The Bertz CT molecular complexity index is 584. The van der Waals surface area contributed by atoms with Gasteiger partial charge >= 0.3 is 0 Å². The van der Waals surface area contributed by atoms with Crippen LogP contribution in [0.2, 0.25) is 0 Å². The first-order valence-electron chi connectivity index (χ1n) is 6.63. The minimum absolute atomic E-state index is 0.151. The fourth-order valence-electron chi connectivity index (χ4n) is 1.77. The average Bonchev–Trinajstić information content (AvgIpc) is 2.98. The summed E-state index contributed by atoms with van der Waals surface area (Å²) in [7, 11) is 0. The zero-order valence-corrected chi connectivity index (χ0v) is 12.5. The maximum atomic E-state index is 11.9. The van der Waals surface area contributed by atoms with Crippen LogP contribution < -0.4 is 10.6 Å². The highest BCUT2D eigenvalue weighted by Crippen LogP contribution is 2.08. The van der Waals surface area contributed by atoms with Gasteiger partial charge in [-0.2, -0.15) is 0 Å². The van der Waals surface area contributed by atoms with Crippen LogP contribution >= 0.6 is 11.3 Å². The third-order valence-corrected chi connectivity index (χ3v) is 3.75. The number of hydrogen-bond donors (Lipinski definition) is 2. The van der Waals surface area contributed by atoms with Crippen LogP contribution in [0.25, 0.3) is 0 Å². The molecule has 0 unspecified atom stereocenters. The number of thiophene rings is 1. The molecule has 5 nitrogen and oxygen atoms in total. The highest BCUT2D eigenvalue weighted by Gasteiger charge is 2.15. The van der Waals surface area contributed by atoms with E-state index in [2.05, 4.69) is 15.6 Å². The van der Waals surface area contributed by atoms with Gasteiger partial charge in [0.15, 0.2) is 0 Å². The molecule has 2 aromatic rings. The summed E-state index contributed by atoms with van der Waals surface area (Å²) in [6, 6.07) is 6.93. The topological polar surface area (TPSA) is 71.1 Å². The predicted molar refractivity (Wildman–Crippen MR) is 81.7 cm³/mol. The highest BCUT2D eigenvalue weighted by molar-refractivity contribution is 7.10. The van der Waals surface area contributed by atoms with Gasteiger partial charge in [-0.1, -0.05) is 12.1 Å². The molecule has 0 spiro atoms. The first-order chi connectivity index (χ1) is 10.1. The van der Waals surface area contributed by atoms with Gasteiger partial charge in [0, 0.05) is 23.8 Å². The van der Waals surface area contributed by atoms with Gasteiger partial charge < -0.3 is 10.6 Å². The number of carbonyl (C=O) groups excluding carboxylic acids is 2. The van der Waals surface area contributed by atoms with E-state index < -0.39 is 6.04 Å². The van der Waals surface area contributed by atoms with Crippen molar-refractivity contribution in [2.75, 3.05) is 0 Å². The summed E-state index contributed by atoms with van der Waals surface area (Å²) in [5.74, 6) is -0.361. The molecule has 0 aliphatic rings. The summed E-state index contributed by atoms with van der Waals surface area (Å²) in [4.78, 5) is 28.7. The van der Waals surface area contributed by atoms with Crippen molar-refractivity contribution in [3.05, 3.63) is 52.5 Å². The van der Waals surface area contributed by atoms with Crippen LogP contribution in [0.1, 0.15) is 17.4 Å². The van der Waals surface area contributed by atoms with E-state index in [1.165, 1.54) is 11.3 Å². The summed E-state index contributed by atoms with van der Waals surface area (Å²) in [5, 5.41) is 7.39. The Hall–Kier alpha value is -2.21. The second kappa shape index (κ2) is 7.54. The molecule has 2 rings (SSSR count). The number of nitrogens with zero attached hydrogens (tertiary/aromatic N) is 1. The molecular formula is C15H17N3O2S. The largest absolute Gasteiger partial charge is 0.350 e. The van der Waals surface area contributed by atoms with Crippen LogP contribution in [-0.4, -0.2) is 22.8 Å². The van der Waals surface area contributed by atoms with Crippen molar-refractivity contribution in [3.63, 3.8) is 0 Å². The van der Waals surface area contributed by atoms with Gasteiger partial charge in [0.2, 0.25) is 11.8 Å². The van der Waals surface area contributed by atoms with Crippen LogP contribution in [0.15, 0.2) is 42.0 Å². The molecule has 110 valence electrons. The van der Waals surface area contributed by atoms with Crippen LogP contribution in [-0.2, 0) is 22.6 Å². The van der Waals surface area contributed by atoms with Crippen molar-refractivity contribution < 1.29 is 9.59 Å². The zero-order valence-electron chi connectivity index (χ0n) is 11.7. The number of nitrogens with one attached hydrogen (secondary N) is 2. The van der Waals surface area contributed by atoms with E-state index in [1.807, 2.05) is 29.6 Å². The van der Waals surface area contributed by atoms with Crippen molar-refractivity contribution in [1.29, 1.82) is 0 Å². The number of pyridine rings is 1. The lowest BCUT2D eigenvalue weighted by Crippen LogP contribution is -2.45. The van der Waals surface area contributed by atoms with Gasteiger partial charge in [-0.15, -0.1) is 11.3 Å². The van der Waals surface area contributed by atoms with Crippen molar-refractivity contribution in [3.8, 4) is 0 Å². The molecular weight excluding hydrogens is 286 g/mol. The molecule has 0 saturated carbocycles. The molecule has 0 saturated heterocycles. The van der Waals surface area contributed by atoms with E-state index in [0.717, 1.165) is 10.4 Å². The van der Waals surface area contributed by atoms with Crippen LogP contribution in [0.4, 0.5) is 0 Å². The first kappa shape index (κ1) is 15.2. The van der Waals surface area contributed by atoms with Crippen molar-refractivity contribution in [2.45, 2.75) is 25.9 Å². The van der Waals surface area contributed by atoms with E-state index >= 15 is 0 Å². The lowest BCUT2D eigenvalue weighted by Gasteiger charge is -2.13. The number of hydrogen-bond acceptors (Lipinski definition) is 4. The van der Waals surface area contributed by atoms with Gasteiger partial charge in [-0.3, -0.25) is 14.6 Å². The third-order valence-electron chi connectivity index (χ3n) is 2.88. The molecule has 6 heteroatoms. The molecule has 2 N–H and O–H groups in total. The normalized spacial score (nSPS) is 11.7. The number of carbonyl (C=O) groups is 2. The molecule has 21 heavy (non-hydrogen) atoms. The van der Waals surface area contributed by atoms with Crippen LogP contribution in [0.3, 0.4) is 0 Å². The maximum Gasteiger partial charge on any atom is 0.242 e. The number of rotatable bonds is 6. The van der Waals surface area contributed by atoms with Crippen molar-refractivity contribution >= 4 is 23.2 Å². The van der Waals surface area contributed by atoms with Crippen LogP contribution in [0, 0.1) is 0 Å². The third kappa shape index (κ3) is 5.00. The van der Waals surface area contributed by atoms with Gasteiger partial charge in [-0.05, 0) is 30.0 Å². The number of amides is 2. The molecule has 0 aliphatic carbocycles. The average molecular weight is 303 g/mol. The molecule has 0 fully saturated rings. The second-order valence-corrected chi connectivity index (χ2v) is 5.66. The van der Waals surface area contributed by atoms with Crippen molar-refractivity contribution in [2.24, 2.45) is 0 Å². The Morgan fingerprint density at radius 2 is 2.19 bits per heavy atom. The summed E-state index contributed by atoms with van der Waals surface area (Å²) in [6.45, 7) is 2.07. The van der Waals surface area contributed by atoms with E-state index in [-0.39, 0.29) is 11.8 Å². The molecule has 0 aliphatic heterocycles. The maximum absolute atomic E-state index is 11.9. The van der Waals surface area contributed by atoms with Crippen molar-refractivity contribution in [1.82, 2.24) is 15.6 Å². The van der Waals surface area contributed by atoms with Crippen LogP contribution in [0.5, 0.6) is 0 Å². The van der Waals surface area contributed by atoms with Gasteiger partial charge in [0.05, 0.1) is 6.42 Å². The Morgan fingerprint density at radius 3 is 2.86 bits per heavy atom. The summed E-state index contributed by atoms with van der Waals surface area (Å²) in [6.07, 6.45) is 3.68. The molecule has 0 aromatic carbocycles. The van der Waals surface area contributed by atoms with Gasteiger partial charge in [0.25, 0.3) is 0 Å². The second-order valence-electron chi connectivity index (χ2n) is 4.62. The molecule has 2 heterocycles. The smallest absolute Gasteiger partial charge is 0.242 e. The molecule has 1 atom stereocenters. The quantitative estimate of drug-likeness (QED) is 0.849. The van der Waals surface area contributed by atoms with Gasteiger partial charge in [0.1, 0.15) is 6.04 Å². The van der Waals surface area contributed by atoms with E-state index in [0.29, 0.717) is 13.0 Å². The first-order valence-corrected chi connectivity index (χ1v) is 7.51. The summed E-state index contributed by atoms with van der Waals surface area (Å²) >= 11 is 1.53. The summed E-state index contributed by atoms with van der Waals surface area (Å²) < 4.78 is 0. The van der Waals surface area contributed by atoms with E-state index in [4.69, 9.17) is 0 Å². The Balaban J connectivity index is 1.75. The zero-order chi connectivity index (χ0) is 15.1. The molecule has 2 amide bonds. The molecule has 2 aromatic heterocycles. The summed E-state index contributed by atoms with van der Waals surface area (Å²) in [5.41, 5.74) is 0.919. The number of aromatic nitrogens is 1. The Morgan fingerprint density at radius 1 is 1.33 bits per heavy atom. The monoisotopic (exact) mass is 303 g/mol. The fourth-order valence-corrected chi connectivity index (χ4v) is 2.48. The lowest BCUT2D eigenvalue weighted by molar-refractivity contribution is -0.128. The highest BCUT2D eigenvalue weighted by atomic mass is 32.1. The van der Waals surface area contributed by atoms with E-state index in [9.17, 15) is 9.59 Å². The minimum Gasteiger partial charge on any atom is -0.350 e. The lowest BCUT2D eigenvalue weighted by atomic mass is 10.2. The molecule has 0 bridgehead atoms. The molecule has 0 radical (unpaired) electrons. The SMILES string of the molecule is C[C@H](NC(=O)Cc1cccs1)C(=O)NCc1cccnc1. The fraction of sp³-hybridized carbons (Fsp3) is 0.267. The Labute approximate surface area is 127 Å². The standard InChI is InChI=1S/C15H17N3O2S/c1-11(18-14(19)8-13-5-3-7-21-13)15(20)17-10-12-4-2-6-16-9-12/h2-7,9,11H,8,10H2,1H3,(H,17,20)(H,18,19)/t11-/m0/s1. The minimum atomic E-state index is -0.561. The van der Waals surface area contributed by atoms with E-state index in [1.54, 1.807) is 19.3 Å².